The average Bonchev–Trinajstić information content (AvgIpc) is 2.95. The van der Waals surface area contributed by atoms with E-state index in [0.29, 0.717) is 12.2 Å². The molecule has 2 aromatic rings. The molecule has 1 aromatic carbocycles. The van der Waals surface area contributed by atoms with Crippen molar-refractivity contribution in [3.8, 4) is 12.3 Å². The highest BCUT2D eigenvalue weighted by Gasteiger charge is 2.29. The van der Waals surface area contributed by atoms with Crippen molar-refractivity contribution in [2.75, 3.05) is 44.7 Å². The molecule has 0 amide bonds. The summed E-state index contributed by atoms with van der Waals surface area (Å²) in [5.41, 5.74) is 2.58. The molecule has 0 unspecified atom stereocenters. The zero-order valence-corrected chi connectivity index (χ0v) is 15.8. The predicted molar refractivity (Wildman–Crippen MR) is 107 cm³/mol. The van der Waals surface area contributed by atoms with Crippen LogP contribution in [0, 0.1) is 25.1 Å². The number of halogens is 1. The van der Waals surface area contributed by atoms with Gasteiger partial charge in [-0.2, -0.15) is 0 Å². The molecule has 26 heavy (non-hydrogen) atoms. The van der Waals surface area contributed by atoms with Gasteiger partial charge in [0.1, 0.15) is 16.7 Å². The number of hydrogen-bond acceptors (Lipinski definition) is 5. The lowest BCUT2D eigenvalue weighted by molar-refractivity contribution is 0.216. The second-order valence-electron chi connectivity index (χ2n) is 6.72. The topological polar surface area (TPSA) is 22.1 Å². The van der Waals surface area contributed by atoms with Crippen molar-refractivity contribution in [2.24, 2.45) is 4.99 Å². The molecule has 0 radical (unpaired) electrons. The average molecular weight is 368 g/mol. The van der Waals surface area contributed by atoms with Crippen LogP contribution in [0.15, 0.2) is 29.3 Å². The van der Waals surface area contributed by atoms with E-state index >= 15 is 0 Å². The summed E-state index contributed by atoms with van der Waals surface area (Å²) >= 11 is 1.71. The Balaban J connectivity index is 1.89. The van der Waals surface area contributed by atoms with Crippen LogP contribution in [0.3, 0.4) is 0 Å². The van der Waals surface area contributed by atoms with E-state index in [2.05, 4.69) is 40.7 Å². The van der Waals surface area contributed by atoms with E-state index in [0.717, 1.165) is 48.3 Å². The lowest BCUT2D eigenvalue weighted by Gasteiger charge is -2.34. The Hall–Kier alpha value is -2.36. The van der Waals surface area contributed by atoms with Gasteiger partial charge in [-0.1, -0.05) is 5.92 Å². The Morgan fingerprint density at radius 1 is 1.23 bits per heavy atom. The van der Waals surface area contributed by atoms with Gasteiger partial charge in [-0.3, -0.25) is 0 Å². The molecule has 1 saturated heterocycles. The van der Waals surface area contributed by atoms with Crippen LogP contribution in [0.4, 0.5) is 20.8 Å². The molecule has 0 N–H and O–H groups in total. The first-order chi connectivity index (χ1) is 12.6. The molecule has 0 atom stereocenters. The van der Waals surface area contributed by atoms with Gasteiger partial charge in [0.05, 0.1) is 23.5 Å². The van der Waals surface area contributed by atoms with Gasteiger partial charge < -0.3 is 14.7 Å². The second-order valence-corrected chi connectivity index (χ2v) is 7.96. The van der Waals surface area contributed by atoms with E-state index in [9.17, 15) is 4.39 Å². The molecule has 6 heteroatoms. The molecule has 4 rings (SSSR count). The number of benzene rings is 1. The van der Waals surface area contributed by atoms with E-state index < -0.39 is 0 Å². The molecule has 3 heterocycles. The number of piperazine rings is 1. The van der Waals surface area contributed by atoms with Gasteiger partial charge in [0.2, 0.25) is 0 Å². The smallest absolute Gasteiger partial charge is 0.139 e. The fourth-order valence-electron chi connectivity index (χ4n) is 3.47. The molecule has 0 aliphatic carbocycles. The molecule has 4 nitrogen and oxygen atoms in total. The van der Waals surface area contributed by atoms with Crippen LogP contribution in [0.25, 0.3) is 0 Å². The summed E-state index contributed by atoms with van der Waals surface area (Å²) in [4.78, 5) is 12.8. The lowest BCUT2D eigenvalue weighted by atomic mass is 10.2. The standard InChI is InChI=1S/C20H21FN4S/c1-4-7-25-18-6-5-15(21)13-17(18)22-19(16-12-14(2)26-20(16)25)24-10-8-23(3)9-11-24/h1,5-6,12-13H,7-11H2,2-3H3. The van der Waals surface area contributed by atoms with E-state index in [4.69, 9.17) is 11.4 Å². The van der Waals surface area contributed by atoms with E-state index in [-0.39, 0.29) is 5.82 Å². The Morgan fingerprint density at radius 2 is 2.00 bits per heavy atom. The number of likely N-dealkylation sites (N-methyl/N-ethyl adjacent to an activating group) is 1. The van der Waals surface area contributed by atoms with Crippen molar-refractivity contribution < 1.29 is 4.39 Å². The van der Waals surface area contributed by atoms with Crippen LogP contribution in [0.1, 0.15) is 10.4 Å². The van der Waals surface area contributed by atoms with E-state index in [1.807, 2.05) is 0 Å². The molecular formula is C20H21FN4S. The second kappa shape index (κ2) is 6.75. The summed E-state index contributed by atoms with van der Waals surface area (Å²) in [7, 11) is 2.13. The summed E-state index contributed by atoms with van der Waals surface area (Å²) in [5.74, 6) is 3.37. The Kier molecular flexibility index (Phi) is 4.43. The number of terminal acetylenes is 1. The van der Waals surface area contributed by atoms with Crippen molar-refractivity contribution in [1.29, 1.82) is 0 Å². The van der Waals surface area contributed by atoms with Crippen LogP contribution >= 0.6 is 11.3 Å². The molecule has 0 spiro atoms. The third-order valence-corrected chi connectivity index (χ3v) is 5.90. The van der Waals surface area contributed by atoms with Crippen molar-refractivity contribution in [2.45, 2.75) is 6.92 Å². The summed E-state index contributed by atoms with van der Waals surface area (Å²) in [6.45, 7) is 6.31. The predicted octanol–water partition coefficient (Wildman–Crippen LogP) is 3.61. The minimum Gasteiger partial charge on any atom is -0.353 e. The number of aryl methyl sites for hydroxylation is 1. The third-order valence-electron chi connectivity index (χ3n) is 4.83. The van der Waals surface area contributed by atoms with Gasteiger partial charge in [-0.25, -0.2) is 9.38 Å². The van der Waals surface area contributed by atoms with E-state index in [1.165, 1.54) is 17.0 Å². The van der Waals surface area contributed by atoms with Crippen molar-refractivity contribution in [1.82, 2.24) is 9.80 Å². The van der Waals surface area contributed by atoms with Crippen LogP contribution in [0.2, 0.25) is 0 Å². The quantitative estimate of drug-likeness (QED) is 0.718. The highest BCUT2D eigenvalue weighted by molar-refractivity contribution is 7.16. The first kappa shape index (κ1) is 17.1. The molecule has 2 aliphatic rings. The summed E-state index contributed by atoms with van der Waals surface area (Å²) in [6.07, 6.45) is 5.64. The van der Waals surface area contributed by atoms with Gasteiger partial charge in [0.25, 0.3) is 0 Å². The summed E-state index contributed by atoms with van der Waals surface area (Å²) in [5, 5.41) is 1.09. The Morgan fingerprint density at radius 3 is 2.73 bits per heavy atom. The fourth-order valence-corrected chi connectivity index (χ4v) is 4.48. The van der Waals surface area contributed by atoms with Crippen LogP contribution in [0.5, 0.6) is 0 Å². The number of hydrogen-bond donors (Lipinski definition) is 0. The minimum absolute atomic E-state index is 0.285. The number of rotatable bonds is 1. The van der Waals surface area contributed by atoms with Gasteiger partial charge in [-0.05, 0) is 32.2 Å². The number of nitrogens with zero attached hydrogens (tertiary/aromatic N) is 4. The number of amidine groups is 1. The maximum atomic E-state index is 13.9. The number of fused-ring (bicyclic) bond motifs is 2. The zero-order chi connectivity index (χ0) is 18.3. The SMILES string of the molecule is C#CCN1c2ccc(F)cc2N=C(N2CCN(C)CC2)c2cc(C)sc21. The molecule has 2 aliphatic heterocycles. The Bertz CT molecular complexity index is 903. The first-order valence-electron chi connectivity index (χ1n) is 8.70. The molecule has 134 valence electrons. The fraction of sp³-hybridized carbons (Fsp3) is 0.350. The van der Waals surface area contributed by atoms with Crippen LogP contribution in [-0.4, -0.2) is 55.4 Å². The third kappa shape index (κ3) is 2.98. The monoisotopic (exact) mass is 368 g/mol. The van der Waals surface area contributed by atoms with Gasteiger partial charge in [-0.15, -0.1) is 17.8 Å². The van der Waals surface area contributed by atoms with Crippen LogP contribution < -0.4 is 4.90 Å². The Labute approximate surface area is 157 Å². The molecule has 0 bridgehead atoms. The molecule has 0 saturated carbocycles. The lowest BCUT2D eigenvalue weighted by Crippen LogP contribution is -2.47. The molecule has 1 aromatic heterocycles. The maximum absolute atomic E-state index is 13.9. The van der Waals surface area contributed by atoms with Gasteiger partial charge >= 0.3 is 0 Å². The summed E-state index contributed by atoms with van der Waals surface area (Å²) in [6, 6.07) is 6.91. The van der Waals surface area contributed by atoms with Gasteiger partial charge in [0.15, 0.2) is 0 Å². The zero-order valence-electron chi connectivity index (χ0n) is 15.0. The molecular weight excluding hydrogens is 347 g/mol. The highest BCUT2D eigenvalue weighted by atomic mass is 32.1. The largest absolute Gasteiger partial charge is 0.353 e. The number of anilines is 2. The van der Waals surface area contributed by atoms with Gasteiger partial charge in [0, 0.05) is 37.1 Å². The highest BCUT2D eigenvalue weighted by Crippen LogP contribution is 2.44. The first-order valence-corrected chi connectivity index (χ1v) is 9.52. The van der Waals surface area contributed by atoms with Crippen LogP contribution in [-0.2, 0) is 0 Å². The number of aliphatic imine (C=N–C) groups is 1. The number of thiophene rings is 1. The van der Waals surface area contributed by atoms with E-state index in [1.54, 1.807) is 17.4 Å². The maximum Gasteiger partial charge on any atom is 0.139 e. The van der Waals surface area contributed by atoms with Crippen molar-refractivity contribution in [3.63, 3.8) is 0 Å². The summed E-state index contributed by atoms with van der Waals surface area (Å²) < 4.78 is 13.9. The molecule has 1 fully saturated rings. The van der Waals surface area contributed by atoms with Crippen molar-refractivity contribution >= 4 is 33.5 Å². The van der Waals surface area contributed by atoms with Crippen molar-refractivity contribution in [3.05, 3.63) is 40.5 Å². The minimum atomic E-state index is -0.285. The normalized spacial score (nSPS) is 17.2.